The second kappa shape index (κ2) is 6.09. The monoisotopic (exact) mass is 271 g/mol. The second-order valence-corrected chi connectivity index (χ2v) is 5.21. The minimum Gasteiger partial charge on any atom is -0.375 e. The molecule has 0 saturated carbocycles. The molecular formula is C16H21N3O. The summed E-state index contributed by atoms with van der Waals surface area (Å²) in [5, 5.41) is 4.41. The first-order chi connectivity index (χ1) is 9.86. The predicted octanol–water partition coefficient (Wildman–Crippen LogP) is 2.83. The minimum atomic E-state index is 0.710. The van der Waals surface area contributed by atoms with Gasteiger partial charge in [-0.3, -0.25) is 4.68 Å². The Morgan fingerprint density at radius 2 is 2.20 bits per heavy atom. The van der Waals surface area contributed by atoms with Gasteiger partial charge in [-0.2, -0.15) is 5.10 Å². The van der Waals surface area contributed by atoms with Crippen LogP contribution in [0.5, 0.6) is 0 Å². The van der Waals surface area contributed by atoms with Crippen molar-refractivity contribution < 1.29 is 4.74 Å². The van der Waals surface area contributed by atoms with Crippen molar-refractivity contribution in [2.24, 2.45) is 0 Å². The quantitative estimate of drug-likeness (QED) is 0.856. The first kappa shape index (κ1) is 13.2. The van der Waals surface area contributed by atoms with Crippen LogP contribution in [-0.4, -0.2) is 22.9 Å². The van der Waals surface area contributed by atoms with E-state index in [4.69, 9.17) is 4.74 Å². The van der Waals surface area contributed by atoms with Crippen LogP contribution in [-0.2, 0) is 24.4 Å². The fourth-order valence-electron chi connectivity index (χ4n) is 2.64. The summed E-state index contributed by atoms with van der Waals surface area (Å²) >= 11 is 0. The van der Waals surface area contributed by atoms with E-state index < -0.39 is 0 Å². The van der Waals surface area contributed by atoms with Crippen LogP contribution >= 0.6 is 0 Å². The standard InChI is InChI=1S/C16H21N3O/c1-2-7-19-12-14(10-17-19)11-18-8-9-20-13-15-5-3-4-6-16(15)18/h3-6,10,12H,2,7-9,11,13H2,1H3. The number of anilines is 1. The van der Waals surface area contributed by atoms with Crippen LogP contribution in [0.25, 0.3) is 0 Å². The molecule has 0 bridgehead atoms. The zero-order chi connectivity index (χ0) is 13.8. The fraction of sp³-hybridized carbons (Fsp3) is 0.438. The van der Waals surface area contributed by atoms with Gasteiger partial charge < -0.3 is 9.64 Å². The topological polar surface area (TPSA) is 30.3 Å². The molecule has 1 aliphatic heterocycles. The highest BCUT2D eigenvalue weighted by atomic mass is 16.5. The van der Waals surface area contributed by atoms with Crippen molar-refractivity contribution in [2.75, 3.05) is 18.1 Å². The van der Waals surface area contributed by atoms with Crippen molar-refractivity contribution in [3.05, 3.63) is 47.8 Å². The SMILES string of the molecule is CCCn1cc(CN2CCOCc3ccccc32)cn1. The smallest absolute Gasteiger partial charge is 0.0737 e. The number of benzene rings is 1. The van der Waals surface area contributed by atoms with Crippen molar-refractivity contribution in [2.45, 2.75) is 33.0 Å². The number of hydrogen-bond donors (Lipinski definition) is 0. The molecule has 2 heterocycles. The van der Waals surface area contributed by atoms with Crippen LogP contribution in [0.2, 0.25) is 0 Å². The van der Waals surface area contributed by atoms with E-state index in [-0.39, 0.29) is 0 Å². The van der Waals surface area contributed by atoms with Gasteiger partial charge in [-0.25, -0.2) is 0 Å². The summed E-state index contributed by atoms with van der Waals surface area (Å²) in [4.78, 5) is 2.38. The van der Waals surface area contributed by atoms with Gasteiger partial charge in [0.1, 0.15) is 0 Å². The van der Waals surface area contributed by atoms with Gasteiger partial charge in [0.25, 0.3) is 0 Å². The lowest BCUT2D eigenvalue weighted by molar-refractivity contribution is 0.132. The first-order valence-electron chi connectivity index (χ1n) is 7.28. The Bertz CT molecular complexity index is 564. The Morgan fingerprint density at radius 1 is 1.30 bits per heavy atom. The summed E-state index contributed by atoms with van der Waals surface area (Å²) in [6.07, 6.45) is 5.24. The van der Waals surface area contributed by atoms with E-state index in [0.29, 0.717) is 6.61 Å². The molecule has 0 atom stereocenters. The molecule has 0 unspecified atom stereocenters. The van der Waals surface area contributed by atoms with E-state index in [9.17, 15) is 0 Å². The van der Waals surface area contributed by atoms with Crippen molar-refractivity contribution >= 4 is 5.69 Å². The summed E-state index contributed by atoms with van der Waals surface area (Å²) in [7, 11) is 0. The number of ether oxygens (including phenoxy) is 1. The molecule has 0 spiro atoms. The van der Waals surface area contributed by atoms with Crippen LogP contribution in [0.4, 0.5) is 5.69 Å². The second-order valence-electron chi connectivity index (χ2n) is 5.21. The van der Waals surface area contributed by atoms with Crippen LogP contribution in [0, 0.1) is 0 Å². The molecule has 0 aliphatic carbocycles. The summed E-state index contributed by atoms with van der Waals surface area (Å²) in [5.74, 6) is 0. The number of rotatable bonds is 4. The lowest BCUT2D eigenvalue weighted by atomic mass is 10.1. The molecule has 0 N–H and O–H groups in total. The predicted molar refractivity (Wildman–Crippen MR) is 79.7 cm³/mol. The molecule has 20 heavy (non-hydrogen) atoms. The number of para-hydroxylation sites is 1. The molecule has 0 amide bonds. The van der Waals surface area contributed by atoms with Gasteiger partial charge in [0.15, 0.2) is 0 Å². The van der Waals surface area contributed by atoms with Crippen LogP contribution in [0.1, 0.15) is 24.5 Å². The van der Waals surface area contributed by atoms with Crippen molar-refractivity contribution in [1.29, 1.82) is 0 Å². The van der Waals surface area contributed by atoms with Gasteiger partial charge in [0.2, 0.25) is 0 Å². The lowest BCUT2D eigenvalue weighted by Crippen LogP contribution is -2.25. The van der Waals surface area contributed by atoms with E-state index >= 15 is 0 Å². The first-order valence-corrected chi connectivity index (χ1v) is 7.28. The number of aryl methyl sites for hydroxylation is 1. The molecule has 0 saturated heterocycles. The summed E-state index contributed by atoms with van der Waals surface area (Å²) in [6, 6.07) is 8.50. The Labute approximate surface area is 120 Å². The highest BCUT2D eigenvalue weighted by Crippen LogP contribution is 2.25. The van der Waals surface area contributed by atoms with Gasteiger partial charge in [-0.05, 0) is 12.5 Å². The Balaban J connectivity index is 1.79. The number of fused-ring (bicyclic) bond motifs is 1. The highest BCUT2D eigenvalue weighted by Gasteiger charge is 2.15. The maximum Gasteiger partial charge on any atom is 0.0737 e. The molecular weight excluding hydrogens is 250 g/mol. The summed E-state index contributed by atoms with van der Waals surface area (Å²) in [5.41, 5.74) is 3.81. The van der Waals surface area contributed by atoms with Crippen LogP contribution < -0.4 is 4.90 Å². The molecule has 2 aromatic rings. The molecule has 3 rings (SSSR count). The molecule has 4 heteroatoms. The van der Waals surface area contributed by atoms with E-state index in [1.165, 1.54) is 16.8 Å². The largest absolute Gasteiger partial charge is 0.375 e. The lowest BCUT2D eigenvalue weighted by Gasteiger charge is -2.23. The van der Waals surface area contributed by atoms with Crippen LogP contribution in [0.15, 0.2) is 36.7 Å². The molecule has 106 valence electrons. The average Bonchev–Trinajstić information content (AvgIpc) is 2.80. The minimum absolute atomic E-state index is 0.710. The zero-order valence-corrected chi connectivity index (χ0v) is 12.0. The Hall–Kier alpha value is -1.81. The number of hydrogen-bond acceptors (Lipinski definition) is 3. The molecule has 1 aromatic carbocycles. The fourth-order valence-corrected chi connectivity index (χ4v) is 2.64. The number of aromatic nitrogens is 2. The van der Waals surface area contributed by atoms with Gasteiger partial charge in [0, 0.05) is 42.6 Å². The van der Waals surface area contributed by atoms with E-state index in [0.717, 1.165) is 32.7 Å². The summed E-state index contributed by atoms with van der Waals surface area (Å²) in [6.45, 7) is 6.46. The Kier molecular flexibility index (Phi) is 4.02. The van der Waals surface area contributed by atoms with Crippen molar-refractivity contribution in [1.82, 2.24) is 9.78 Å². The maximum absolute atomic E-state index is 5.67. The molecule has 0 fully saturated rings. The third-order valence-electron chi connectivity index (χ3n) is 3.61. The zero-order valence-electron chi connectivity index (χ0n) is 12.0. The summed E-state index contributed by atoms with van der Waals surface area (Å²) < 4.78 is 7.69. The third-order valence-corrected chi connectivity index (χ3v) is 3.61. The molecule has 4 nitrogen and oxygen atoms in total. The number of nitrogens with zero attached hydrogens (tertiary/aromatic N) is 3. The highest BCUT2D eigenvalue weighted by molar-refractivity contribution is 5.54. The van der Waals surface area contributed by atoms with E-state index in [1.807, 2.05) is 10.9 Å². The van der Waals surface area contributed by atoms with E-state index in [1.54, 1.807) is 0 Å². The average molecular weight is 271 g/mol. The third kappa shape index (κ3) is 2.85. The molecule has 1 aliphatic rings. The van der Waals surface area contributed by atoms with Crippen LogP contribution in [0.3, 0.4) is 0 Å². The van der Waals surface area contributed by atoms with Gasteiger partial charge in [-0.1, -0.05) is 25.1 Å². The van der Waals surface area contributed by atoms with E-state index in [2.05, 4.69) is 47.4 Å². The van der Waals surface area contributed by atoms with Gasteiger partial charge >= 0.3 is 0 Å². The Morgan fingerprint density at radius 3 is 3.10 bits per heavy atom. The van der Waals surface area contributed by atoms with Crippen molar-refractivity contribution in [3.63, 3.8) is 0 Å². The van der Waals surface area contributed by atoms with Crippen molar-refractivity contribution in [3.8, 4) is 0 Å². The van der Waals surface area contributed by atoms with Gasteiger partial charge in [0.05, 0.1) is 19.4 Å². The molecule has 1 aromatic heterocycles. The maximum atomic E-state index is 5.67. The molecule has 0 radical (unpaired) electrons. The van der Waals surface area contributed by atoms with Gasteiger partial charge in [-0.15, -0.1) is 0 Å². The normalized spacial score (nSPS) is 14.9.